The van der Waals surface area contributed by atoms with E-state index in [0.29, 0.717) is 11.1 Å². The zero-order valence-corrected chi connectivity index (χ0v) is 12.3. The first-order valence-electron chi connectivity index (χ1n) is 6.07. The van der Waals surface area contributed by atoms with Gasteiger partial charge in [-0.15, -0.1) is 0 Å². The van der Waals surface area contributed by atoms with Crippen LogP contribution in [0.25, 0.3) is 5.65 Å². The van der Waals surface area contributed by atoms with Crippen molar-refractivity contribution in [2.75, 3.05) is 7.05 Å². The Labute approximate surface area is 123 Å². The molecule has 2 aromatic heterocycles. The second kappa shape index (κ2) is 4.95. The lowest BCUT2D eigenvalue weighted by Gasteiger charge is -2.10. The van der Waals surface area contributed by atoms with Crippen molar-refractivity contribution in [2.45, 2.75) is 19.0 Å². The van der Waals surface area contributed by atoms with Gasteiger partial charge < -0.3 is 0 Å². The number of hydrogen-bond acceptors (Lipinski definition) is 5. The number of carbonyl (C=O) groups is 2. The molecule has 104 valence electrons. The molecule has 1 atom stereocenters. The minimum absolute atomic E-state index is 0.155. The van der Waals surface area contributed by atoms with E-state index in [9.17, 15) is 9.59 Å². The van der Waals surface area contributed by atoms with Crippen LogP contribution in [0, 0.1) is 0 Å². The van der Waals surface area contributed by atoms with Crippen molar-refractivity contribution in [1.29, 1.82) is 0 Å². The second-order valence-corrected chi connectivity index (χ2v) is 5.43. The Kier molecular flexibility index (Phi) is 3.27. The normalized spacial score (nSPS) is 19.3. The molecule has 1 aliphatic heterocycles. The number of hydrogen-bond donors (Lipinski definition) is 1. The van der Waals surface area contributed by atoms with Crippen molar-refractivity contribution in [3.05, 3.63) is 28.9 Å². The third-order valence-corrected chi connectivity index (χ3v) is 3.76. The van der Waals surface area contributed by atoms with Crippen LogP contribution in [-0.4, -0.2) is 44.2 Å². The third kappa shape index (κ3) is 2.20. The summed E-state index contributed by atoms with van der Waals surface area (Å²) in [5.41, 5.74) is 1.63. The zero-order valence-electron chi connectivity index (χ0n) is 10.7. The van der Waals surface area contributed by atoms with Gasteiger partial charge in [0, 0.05) is 19.8 Å². The van der Waals surface area contributed by atoms with Crippen LogP contribution >= 0.6 is 15.9 Å². The molecule has 2 aromatic rings. The topological polar surface area (TPSA) is 79.6 Å². The Morgan fingerprint density at radius 1 is 1.40 bits per heavy atom. The van der Waals surface area contributed by atoms with Crippen LogP contribution in [0.3, 0.4) is 0 Å². The van der Waals surface area contributed by atoms with Crippen molar-refractivity contribution in [1.82, 2.24) is 24.6 Å². The summed E-state index contributed by atoms with van der Waals surface area (Å²) in [6, 6.07) is -0.455. The summed E-state index contributed by atoms with van der Waals surface area (Å²) in [5, 5.41) is 3.10. The van der Waals surface area contributed by atoms with Crippen LogP contribution in [0.5, 0.6) is 0 Å². The first-order chi connectivity index (χ1) is 9.56. The molecule has 1 unspecified atom stereocenters. The van der Waals surface area contributed by atoms with Gasteiger partial charge in [-0.25, -0.2) is 9.97 Å². The molecule has 2 amide bonds. The van der Waals surface area contributed by atoms with Gasteiger partial charge in [0.2, 0.25) is 11.8 Å². The van der Waals surface area contributed by atoms with Gasteiger partial charge in [-0.1, -0.05) is 0 Å². The van der Waals surface area contributed by atoms with Gasteiger partial charge in [0.05, 0.1) is 30.6 Å². The predicted molar refractivity (Wildman–Crippen MR) is 73.7 cm³/mol. The highest BCUT2D eigenvalue weighted by Crippen LogP contribution is 2.13. The number of likely N-dealkylation sites (N-methyl/N-ethyl adjacent to an activating group) is 1. The highest BCUT2D eigenvalue weighted by Gasteiger charge is 2.35. The fraction of sp³-hybridized carbons (Fsp3) is 0.333. The molecule has 0 bridgehead atoms. The van der Waals surface area contributed by atoms with E-state index in [0.717, 1.165) is 16.2 Å². The van der Waals surface area contributed by atoms with Crippen LogP contribution in [0.4, 0.5) is 0 Å². The standard InChI is InChI=1S/C12H12BrN5O2/c1-17-11(19)2-8(12(17)20)14-3-7-4-16-10-5-15-9(13)6-18(7)10/h4-6,8,14H,2-3H2,1H3. The number of halogens is 1. The summed E-state index contributed by atoms with van der Waals surface area (Å²) in [4.78, 5) is 32.7. The number of nitrogens with zero attached hydrogens (tertiary/aromatic N) is 4. The molecule has 0 spiro atoms. The SMILES string of the molecule is CN1C(=O)CC(NCc2cnc3cnc(Br)cn23)C1=O. The molecular weight excluding hydrogens is 326 g/mol. The first kappa shape index (κ1) is 13.2. The first-order valence-corrected chi connectivity index (χ1v) is 6.87. The summed E-state index contributed by atoms with van der Waals surface area (Å²) in [5.74, 6) is -0.343. The summed E-state index contributed by atoms with van der Waals surface area (Å²) in [6.07, 6.45) is 5.40. The van der Waals surface area contributed by atoms with Crippen molar-refractivity contribution in [2.24, 2.45) is 0 Å². The van der Waals surface area contributed by atoms with E-state index >= 15 is 0 Å². The fourth-order valence-electron chi connectivity index (χ4n) is 2.19. The average Bonchev–Trinajstić information content (AvgIpc) is 2.93. The molecular formula is C12H12BrN5O2. The molecule has 3 rings (SSSR count). The van der Waals surface area contributed by atoms with E-state index in [1.54, 1.807) is 12.4 Å². The lowest BCUT2D eigenvalue weighted by molar-refractivity contribution is -0.137. The van der Waals surface area contributed by atoms with Gasteiger partial charge in [-0.2, -0.15) is 0 Å². The van der Waals surface area contributed by atoms with Crippen LogP contribution in [-0.2, 0) is 16.1 Å². The van der Waals surface area contributed by atoms with Crippen molar-refractivity contribution >= 4 is 33.4 Å². The Morgan fingerprint density at radius 2 is 2.20 bits per heavy atom. The monoisotopic (exact) mass is 337 g/mol. The lowest BCUT2D eigenvalue weighted by atomic mass is 10.2. The molecule has 8 heteroatoms. The van der Waals surface area contributed by atoms with E-state index in [1.807, 2.05) is 10.6 Å². The van der Waals surface area contributed by atoms with Crippen LogP contribution < -0.4 is 5.32 Å². The van der Waals surface area contributed by atoms with E-state index < -0.39 is 6.04 Å². The van der Waals surface area contributed by atoms with Gasteiger partial charge in [-0.3, -0.25) is 24.2 Å². The number of rotatable bonds is 3. The van der Waals surface area contributed by atoms with Gasteiger partial charge >= 0.3 is 0 Å². The average molecular weight is 338 g/mol. The highest BCUT2D eigenvalue weighted by molar-refractivity contribution is 9.10. The zero-order chi connectivity index (χ0) is 14.3. The predicted octanol–water partition coefficient (Wildman–Crippen LogP) is 0.339. The minimum atomic E-state index is -0.455. The molecule has 1 N–H and O–H groups in total. The quantitative estimate of drug-likeness (QED) is 0.817. The summed E-state index contributed by atoms with van der Waals surface area (Å²) in [7, 11) is 1.50. The second-order valence-electron chi connectivity index (χ2n) is 4.62. The maximum Gasteiger partial charge on any atom is 0.246 e. The third-order valence-electron chi connectivity index (χ3n) is 3.35. The Bertz CT molecular complexity index is 698. The molecule has 7 nitrogen and oxygen atoms in total. The Morgan fingerprint density at radius 3 is 2.90 bits per heavy atom. The number of fused-ring (bicyclic) bond motifs is 1. The molecule has 3 heterocycles. The Hall–Kier alpha value is -1.80. The van der Waals surface area contributed by atoms with E-state index in [1.165, 1.54) is 7.05 Å². The maximum atomic E-state index is 11.8. The number of nitrogens with one attached hydrogen (secondary N) is 1. The van der Waals surface area contributed by atoms with Crippen molar-refractivity contribution < 1.29 is 9.59 Å². The number of imidazole rings is 1. The van der Waals surface area contributed by atoms with Gasteiger partial charge in [0.1, 0.15) is 4.60 Å². The van der Waals surface area contributed by atoms with Gasteiger partial charge in [0.25, 0.3) is 0 Å². The molecule has 0 saturated carbocycles. The van der Waals surface area contributed by atoms with Crippen LogP contribution in [0.2, 0.25) is 0 Å². The molecule has 1 saturated heterocycles. The molecule has 0 aromatic carbocycles. The van der Waals surface area contributed by atoms with E-state index in [-0.39, 0.29) is 18.2 Å². The van der Waals surface area contributed by atoms with Gasteiger partial charge in [0.15, 0.2) is 5.65 Å². The largest absolute Gasteiger partial charge is 0.300 e. The highest BCUT2D eigenvalue weighted by atomic mass is 79.9. The van der Waals surface area contributed by atoms with Crippen molar-refractivity contribution in [3.8, 4) is 0 Å². The summed E-state index contributed by atoms with van der Waals surface area (Å²) in [6.45, 7) is 0.454. The smallest absolute Gasteiger partial charge is 0.246 e. The molecule has 0 aliphatic carbocycles. The summed E-state index contributed by atoms with van der Waals surface area (Å²) < 4.78 is 2.59. The van der Waals surface area contributed by atoms with Gasteiger partial charge in [-0.05, 0) is 15.9 Å². The minimum Gasteiger partial charge on any atom is -0.300 e. The number of carbonyl (C=O) groups excluding carboxylic acids is 2. The summed E-state index contributed by atoms with van der Waals surface area (Å²) >= 11 is 3.31. The fourth-order valence-corrected chi connectivity index (χ4v) is 2.50. The van der Waals surface area contributed by atoms with Crippen LogP contribution in [0.15, 0.2) is 23.2 Å². The number of aromatic nitrogens is 3. The van der Waals surface area contributed by atoms with Crippen LogP contribution in [0.1, 0.15) is 12.1 Å². The lowest BCUT2D eigenvalue weighted by Crippen LogP contribution is -2.36. The van der Waals surface area contributed by atoms with E-state index in [2.05, 4.69) is 31.2 Å². The maximum absolute atomic E-state index is 11.8. The number of likely N-dealkylation sites (tertiary alicyclic amines) is 1. The van der Waals surface area contributed by atoms with Crippen molar-refractivity contribution in [3.63, 3.8) is 0 Å². The molecule has 20 heavy (non-hydrogen) atoms. The Balaban J connectivity index is 1.76. The molecule has 1 aliphatic rings. The molecule has 0 radical (unpaired) electrons. The number of imide groups is 1. The number of amides is 2. The van der Waals surface area contributed by atoms with E-state index in [4.69, 9.17) is 0 Å². The molecule has 1 fully saturated rings.